The molecule has 0 bridgehead atoms. The number of ether oxygens (including phenoxy) is 2. The van der Waals surface area contributed by atoms with Gasteiger partial charge in [-0.15, -0.1) is 0 Å². The molecule has 0 fully saturated rings. The van der Waals surface area contributed by atoms with Crippen molar-refractivity contribution in [3.63, 3.8) is 0 Å². The molecule has 0 aliphatic carbocycles. The smallest absolute Gasteiger partial charge is 0.255 e. The Bertz CT molecular complexity index is 911. The van der Waals surface area contributed by atoms with Crippen LogP contribution in [-0.2, 0) is 0 Å². The lowest BCUT2D eigenvalue weighted by atomic mass is 10.2. The topological polar surface area (TPSA) is 72.5 Å². The summed E-state index contributed by atoms with van der Waals surface area (Å²) >= 11 is 0. The van der Waals surface area contributed by atoms with Gasteiger partial charge in [-0.05, 0) is 49.4 Å². The van der Waals surface area contributed by atoms with Crippen molar-refractivity contribution >= 4 is 23.1 Å². The van der Waals surface area contributed by atoms with Crippen LogP contribution in [0.5, 0.6) is 11.5 Å². The number of nitrogens with zero attached hydrogens (tertiary/aromatic N) is 1. The largest absolute Gasteiger partial charge is 0.497 e. The molecule has 0 saturated heterocycles. The van der Waals surface area contributed by atoms with Gasteiger partial charge in [-0.3, -0.25) is 4.79 Å². The van der Waals surface area contributed by atoms with E-state index < -0.39 is 0 Å². The highest BCUT2D eigenvalue weighted by Gasteiger charge is 2.08. The first-order valence-corrected chi connectivity index (χ1v) is 8.60. The van der Waals surface area contributed by atoms with Crippen LogP contribution in [0.1, 0.15) is 17.3 Å². The predicted octanol–water partition coefficient (Wildman–Crippen LogP) is 4.48. The molecule has 1 aromatic heterocycles. The van der Waals surface area contributed by atoms with Gasteiger partial charge in [0.1, 0.15) is 17.3 Å². The van der Waals surface area contributed by atoms with Gasteiger partial charge >= 0.3 is 0 Å². The maximum Gasteiger partial charge on any atom is 0.255 e. The third-order valence-electron chi connectivity index (χ3n) is 3.80. The van der Waals surface area contributed by atoms with Crippen LogP contribution in [0.2, 0.25) is 0 Å². The Morgan fingerprint density at radius 1 is 1.07 bits per heavy atom. The number of nitrogens with one attached hydrogen (secondary N) is 2. The van der Waals surface area contributed by atoms with Gasteiger partial charge < -0.3 is 20.1 Å². The van der Waals surface area contributed by atoms with Gasteiger partial charge in [0.25, 0.3) is 5.91 Å². The molecule has 0 aliphatic rings. The molecule has 3 aromatic rings. The summed E-state index contributed by atoms with van der Waals surface area (Å²) in [6.45, 7) is 2.52. The van der Waals surface area contributed by atoms with E-state index in [1.165, 1.54) is 0 Å². The Labute approximate surface area is 158 Å². The van der Waals surface area contributed by atoms with Crippen LogP contribution in [0.4, 0.5) is 17.2 Å². The molecule has 0 spiro atoms. The zero-order valence-corrected chi connectivity index (χ0v) is 15.2. The van der Waals surface area contributed by atoms with E-state index in [1.54, 1.807) is 49.7 Å². The molecule has 6 heteroatoms. The number of carbonyl (C=O) groups excluding carboxylic acids is 1. The molecule has 0 unspecified atom stereocenters. The van der Waals surface area contributed by atoms with Crippen LogP contribution in [0, 0.1) is 0 Å². The summed E-state index contributed by atoms with van der Waals surface area (Å²) in [4.78, 5) is 16.7. The number of hydrogen-bond donors (Lipinski definition) is 2. The summed E-state index contributed by atoms with van der Waals surface area (Å²) in [5.74, 6) is 1.82. The first-order valence-electron chi connectivity index (χ1n) is 8.60. The molecular formula is C21H21N3O3. The van der Waals surface area contributed by atoms with Gasteiger partial charge in [0.2, 0.25) is 0 Å². The standard InChI is InChI=1S/C21H21N3O3/c1-3-27-19-10-5-4-9-18(19)24-20-12-11-16(14-22-20)23-21(25)15-7-6-8-17(13-15)26-2/h4-14H,3H2,1-2H3,(H,22,24)(H,23,25). The van der Waals surface area contributed by atoms with Crippen LogP contribution >= 0.6 is 0 Å². The van der Waals surface area contributed by atoms with Gasteiger partial charge in [0.05, 0.1) is 31.3 Å². The van der Waals surface area contributed by atoms with Crippen molar-refractivity contribution in [2.75, 3.05) is 24.4 Å². The van der Waals surface area contributed by atoms with Crippen molar-refractivity contribution in [1.82, 2.24) is 4.98 Å². The Balaban J connectivity index is 1.67. The molecule has 27 heavy (non-hydrogen) atoms. The van der Waals surface area contributed by atoms with Gasteiger partial charge in [-0.2, -0.15) is 0 Å². The second kappa shape index (κ2) is 8.71. The molecule has 138 valence electrons. The third-order valence-corrected chi connectivity index (χ3v) is 3.80. The summed E-state index contributed by atoms with van der Waals surface area (Å²) in [5.41, 5.74) is 1.95. The maximum absolute atomic E-state index is 12.3. The first kappa shape index (κ1) is 18.3. The number of benzene rings is 2. The Morgan fingerprint density at radius 3 is 2.67 bits per heavy atom. The number of rotatable bonds is 7. The summed E-state index contributed by atoms with van der Waals surface area (Å²) in [7, 11) is 1.57. The van der Waals surface area contributed by atoms with Crippen LogP contribution in [0.3, 0.4) is 0 Å². The number of amides is 1. The zero-order valence-electron chi connectivity index (χ0n) is 15.2. The third kappa shape index (κ3) is 4.76. The van der Waals surface area contributed by atoms with Gasteiger partial charge in [0.15, 0.2) is 0 Å². The highest BCUT2D eigenvalue weighted by atomic mass is 16.5. The Kier molecular flexibility index (Phi) is 5.89. The molecule has 2 N–H and O–H groups in total. The average Bonchev–Trinajstić information content (AvgIpc) is 2.71. The second-order valence-corrected chi connectivity index (χ2v) is 5.67. The SMILES string of the molecule is CCOc1ccccc1Nc1ccc(NC(=O)c2cccc(OC)c2)cn1. The van der Waals surface area contributed by atoms with Crippen LogP contribution in [0.15, 0.2) is 66.9 Å². The van der Waals surface area contributed by atoms with Crippen molar-refractivity contribution in [1.29, 1.82) is 0 Å². The fraction of sp³-hybridized carbons (Fsp3) is 0.143. The Morgan fingerprint density at radius 2 is 1.93 bits per heavy atom. The number of para-hydroxylation sites is 2. The number of aromatic nitrogens is 1. The van der Waals surface area contributed by atoms with Crippen molar-refractivity contribution in [3.05, 3.63) is 72.4 Å². The van der Waals surface area contributed by atoms with E-state index in [4.69, 9.17) is 9.47 Å². The molecule has 0 aliphatic heterocycles. The quantitative estimate of drug-likeness (QED) is 0.647. The van der Waals surface area contributed by atoms with Crippen molar-refractivity contribution in [2.24, 2.45) is 0 Å². The normalized spacial score (nSPS) is 10.1. The fourth-order valence-electron chi connectivity index (χ4n) is 2.50. The van der Waals surface area contributed by atoms with E-state index in [-0.39, 0.29) is 5.91 Å². The minimum atomic E-state index is -0.224. The van der Waals surface area contributed by atoms with E-state index in [2.05, 4.69) is 15.6 Å². The summed E-state index contributed by atoms with van der Waals surface area (Å²) in [6, 6.07) is 18.2. The van der Waals surface area contributed by atoms with Crippen molar-refractivity contribution in [3.8, 4) is 11.5 Å². The fourth-order valence-corrected chi connectivity index (χ4v) is 2.50. The maximum atomic E-state index is 12.3. The Hall–Kier alpha value is -3.54. The van der Waals surface area contributed by atoms with E-state index in [1.807, 2.05) is 31.2 Å². The lowest BCUT2D eigenvalue weighted by Crippen LogP contribution is -2.12. The zero-order chi connectivity index (χ0) is 19.1. The molecule has 1 amide bonds. The van der Waals surface area contributed by atoms with E-state index >= 15 is 0 Å². The molecule has 6 nitrogen and oxygen atoms in total. The molecule has 0 saturated carbocycles. The summed E-state index contributed by atoms with van der Waals surface area (Å²) < 4.78 is 10.7. The van der Waals surface area contributed by atoms with Gasteiger partial charge in [0, 0.05) is 5.56 Å². The second-order valence-electron chi connectivity index (χ2n) is 5.67. The lowest BCUT2D eigenvalue weighted by Gasteiger charge is -2.12. The molecule has 3 rings (SSSR count). The first-order chi connectivity index (χ1) is 13.2. The molecular weight excluding hydrogens is 342 g/mol. The van der Waals surface area contributed by atoms with E-state index in [0.29, 0.717) is 29.4 Å². The molecule has 0 atom stereocenters. The monoisotopic (exact) mass is 363 g/mol. The van der Waals surface area contributed by atoms with Crippen LogP contribution in [-0.4, -0.2) is 24.6 Å². The molecule has 0 radical (unpaired) electrons. The number of pyridine rings is 1. The van der Waals surface area contributed by atoms with E-state index in [0.717, 1.165) is 11.4 Å². The van der Waals surface area contributed by atoms with Gasteiger partial charge in [-0.25, -0.2) is 4.98 Å². The number of methoxy groups -OCH3 is 1. The van der Waals surface area contributed by atoms with E-state index in [9.17, 15) is 4.79 Å². The molecule has 1 heterocycles. The molecule has 2 aromatic carbocycles. The van der Waals surface area contributed by atoms with Crippen molar-refractivity contribution in [2.45, 2.75) is 6.92 Å². The predicted molar refractivity (Wildman–Crippen MR) is 106 cm³/mol. The van der Waals surface area contributed by atoms with Crippen molar-refractivity contribution < 1.29 is 14.3 Å². The number of hydrogen-bond acceptors (Lipinski definition) is 5. The number of carbonyl (C=O) groups is 1. The van der Waals surface area contributed by atoms with Crippen LogP contribution < -0.4 is 20.1 Å². The minimum absolute atomic E-state index is 0.224. The highest BCUT2D eigenvalue weighted by Crippen LogP contribution is 2.27. The minimum Gasteiger partial charge on any atom is -0.497 e. The summed E-state index contributed by atoms with van der Waals surface area (Å²) in [6.07, 6.45) is 1.60. The summed E-state index contributed by atoms with van der Waals surface area (Å²) in [5, 5.41) is 6.04. The highest BCUT2D eigenvalue weighted by molar-refractivity contribution is 6.04. The van der Waals surface area contributed by atoms with Gasteiger partial charge in [-0.1, -0.05) is 18.2 Å². The number of anilines is 3. The average molecular weight is 363 g/mol. The van der Waals surface area contributed by atoms with Crippen LogP contribution in [0.25, 0.3) is 0 Å². The lowest BCUT2D eigenvalue weighted by molar-refractivity contribution is 0.102.